The van der Waals surface area contributed by atoms with Crippen LogP contribution in [-0.4, -0.2) is 11.8 Å². The molecule has 0 aliphatic rings. The van der Waals surface area contributed by atoms with Gasteiger partial charge < -0.3 is 11.1 Å². The molecule has 0 fully saturated rings. The molecule has 3 N–H and O–H groups in total. The molecule has 2 aromatic carbocycles. The Morgan fingerprint density at radius 2 is 1.75 bits per heavy atom. The number of nitriles is 1. The van der Waals surface area contributed by atoms with Crippen LogP contribution in [0.15, 0.2) is 66.4 Å². The molecule has 0 aliphatic carbocycles. The molecule has 0 unspecified atom stereocenters. The van der Waals surface area contributed by atoms with Gasteiger partial charge in [-0.2, -0.15) is 5.26 Å². The van der Waals surface area contributed by atoms with Gasteiger partial charge in [-0.05, 0) is 36.4 Å². The Morgan fingerprint density at radius 3 is 2.29 bits per heavy atom. The maximum Gasteiger partial charge on any atom is 0.277 e. The number of anilines is 3. The molecule has 6 nitrogen and oxygen atoms in total. The molecule has 0 radical (unpaired) electrons. The van der Waals surface area contributed by atoms with E-state index in [1.807, 2.05) is 24.3 Å². The van der Waals surface area contributed by atoms with Gasteiger partial charge in [0, 0.05) is 24.5 Å². The minimum atomic E-state index is -0.710. The van der Waals surface area contributed by atoms with Crippen molar-refractivity contribution >= 4 is 28.9 Å². The molecule has 0 heterocycles. The number of hydrogen-bond acceptors (Lipinski definition) is 5. The molecule has 0 spiro atoms. The normalized spacial score (nSPS) is 10.6. The first-order valence-corrected chi connectivity index (χ1v) is 7.15. The van der Waals surface area contributed by atoms with Crippen LogP contribution < -0.4 is 16.0 Å². The second kappa shape index (κ2) is 7.61. The fourth-order valence-corrected chi connectivity index (χ4v) is 2.02. The minimum Gasteiger partial charge on any atom is -0.399 e. The van der Waals surface area contributed by atoms with Crippen LogP contribution in [0.1, 0.15) is 6.92 Å². The number of nitrogens with one attached hydrogen (secondary N) is 1. The fourth-order valence-electron chi connectivity index (χ4n) is 2.02. The first-order chi connectivity index (χ1) is 11.5. The Morgan fingerprint density at radius 1 is 1.12 bits per heavy atom. The lowest BCUT2D eigenvalue weighted by Gasteiger charge is -2.19. The highest BCUT2D eigenvalue weighted by Gasteiger charge is 2.23. The fraction of sp³-hybridized carbons (Fsp3) is 0.0556. The van der Waals surface area contributed by atoms with E-state index < -0.39 is 11.8 Å². The molecule has 2 rings (SSSR count). The van der Waals surface area contributed by atoms with Crippen molar-refractivity contribution < 1.29 is 9.59 Å². The van der Waals surface area contributed by atoms with Gasteiger partial charge in [-0.25, -0.2) is 4.90 Å². The van der Waals surface area contributed by atoms with E-state index in [0.29, 0.717) is 11.4 Å². The van der Waals surface area contributed by atoms with E-state index in [1.165, 1.54) is 13.1 Å². The topological polar surface area (TPSA) is 99.2 Å². The van der Waals surface area contributed by atoms with E-state index in [9.17, 15) is 14.9 Å². The summed E-state index contributed by atoms with van der Waals surface area (Å²) in [5.41, 5.74) is 7.01. The van der Waals surface area contributed by atoms with Crippen molar-refractivity contribution in [3.63, 3.8) is 0 Å². The van der Waals surface area contributed by atoms with Gasteiger partial charge in [-0.15, -0.1) is 0 Å². The molecule has 2 aromatic rings. The highest BCUT2D eigenvalue weighted by molar-refractivity contribution is 6.21. The number of benzene rings is 2. The lowest BCUT2D eigenvalue weighted by atomic mass is 10.2. The minimum absolute atomic E-state index is 0.189. The largest absolute Gasteiger partial charge is 0.399 e. The van der Waals surface area contributed by atoms with E-state index in [2.05, 4.69) is 5.32 Å². The zero-order chi connectivity index (χ0) is 17.5. The smallest absolute Gasteiger partial charge is 0.277 e. The van der Waals surface area contributed by atoms with Crippen molar-refractivity contribution in [2.45, 2.75) is 6.92 Å². The van der Waals surface area contributed by atoms with Crippen LogP contribution in [0.4, 0.5) is 17.1 Å². The van der Waals surface area contributed by atoms with Crippen molar-refractivity contribution in [2.24, 2.45) is 0 Å². The molecule has 120 valence electrons. The molecule has 0 aliphatic heterocycles. The van der Waals surface area contributed by atoms with Gasteiger partial charge in [0.25, 0.3) is 5.91 Å². The second-order valence-corrected chi connectivity index (χ2v) is 4.93. The van der Waals surface area contributed by atoms with E-state index in [4.69, 9.17) is 5.73 Å². The summed E-state index contributed by atoms with van der Waals surface area (Å²) in [6.45, 7) is 1.26. The molecular weight excluding hydrogens is 304 g/mol. The molecule has 2 amide bonds. The number of nitrogens with zero attached hydrogens (tertiary/aromatic N) is 2. The summed E-state index contributed by atoms with van der Waals surface area (Å²) >= 11 is 0. The Balaban J connectivity index is 2.28. The molecule has 0 atom stereocenters. The number of hydrogen-bond donors (Lipinski definition) is 2. The number of nitrogens with two attached hydrogens (primary N) is 1. The Bertz CT molecular complexity index is 805. The number of nitrogen functional groups attached to an aromatic ring is 1. The standard InChI is InChI=1S/C18H16N4O2/c1-13(23)22(17-9-7-15(20)8-10-17)18(24)14(11-19)12-21-16-5-3-2-4-6-16/h2-10,12,21H,20H2,1H3/b14-12-. The third-order valence-electron chi connectivity index (χ3n) is 3.18. The van der Waals surface area contributed by atoms with Gasteiger partial charge in [-0.3, -0.25) is 9.59 Å². The maximum atomic E-state index is 12.6. The van der Waals surface area contributed by atoms with Crippen molar-refractivity contribution in [2.75, 3.05) is 16.0 Å². The van der Waals surface area contributed by atoms with Gasteiger partial charge >= 0.3 is 0 Å². The summed E-state index contributed by atoms with van der Waals surface area (Å²) in [6, 6.07) is 17.1. The van der Waals surface area contributed by atoms with Crippen LogP contribution in [0.3, 0.4) is 0 Å². The molecule has 0 saturated carbocycles. The quantitative estimate of drug-likeness (QED) is 0.512. The van der Waals surface area contributed by atoms with E-state index in [1.54, 1.807) is 36.4 Å². The third-order valence-corrected chi connectivity index (χ3v) is 3.18. The van der Waals surface area contributed by atoms with Crippen LogP contribution in [0.25, 0.3) is 0 Å². The van der Waals surface area contributed by atoms with Crippen LogP contribution in [-0.2, 0) is 9.59 Å². The number of rotatable bonds is 4. The lowest BCUT2D eigenvalue weighted by molar-refractivity contribution is -0.123. The summed E-state index contributed by atoms with van der Waals surface area (Å²) in [5, 5.41) is 12.1. The number of amides is 2. The summed E-state index contributed by atoms with van der Waals surface area (Å²) in [5.74, 6) is -1.20. The average Bonchev–Trinajstić information content (AvgIpc) is 2.58. The first-order valence-electron chi connectivity index (χ1n) is 7.15. The highest BCUT2D eigenvalue weighted by atomic mass is 16.2. The Labute approximate surface area is 139 Å². The predicted octanol–water partition coefficient (Wildman–Crippen LogP) is 2.67. The zero-order valence-corrected chi connectivity index (χ0v) is 13.1. The number of carbonyl (C=O) groups is 2. The Kier molecular flexibility index (Phi) is 5.32. The van der Waals surface area contributed by atoms with Gasteiger partial charge in [0.05, 0.1) is 5.69 Å². The van der Waals surface area contributed by atoms with Crippen molar-refractivity contribution in [3.05, 3.63) is 66.4 Å². The van der Waals surface area contributed by atoms with Crippen LogP contribution in [0.5, 0.6) is 0 Å². The van der Waals surface area contributed by atoms with Crippen molar-refractivity contribution in [1.82, 2.24) is 0 Å². The zero-order valence-electron chi connectivity index (χ0n) is 13.1. The molecule has 6 heteroatoms. The molecule has 24 heavy (non-hydrogen) atoms. The van der Waals surface area contributed by atoms with Gasteiger partial charge in [0.1, 0.15) is 11.6 Å². The van der Waals surface area contributed by atoms with Crippen LogP contribution in [0, 0.1) is 11.3 Å². The highest BCUT2D eigenvalue weighted by Crippen LogP contribution is 2.19. The summed E-state index contributed by atoms with van der Waals surface area (Å²) in [6.07, 6.45) is 1.28. The summed E-state index contributed by atoms with van der Waals surface area (Å²) < 4.78 is 0. The molecule has 0 bridgehead atoms. The van der Waals surface area contributed by atoms with Gasteiger partial charge in [0.15, 0.2) is 0 Å². The van der Waals surface area contributed by atoms with Gasteiger partial charge in [-0.1, -0.05) is 18.2 Å². The Hall–Kier alpha value is -3.59. The predicted molar refractivity (Wildman–Crippen MR) is 92.8 cm³/mol. The van der Waals surface area contributed by atoms with Crippen molar-refractivity contribution in [1.29, 1.82) is 5.26 Å². The average molecular weight is 320 g/mol. The lowest BCUT2D eigenvalue weighted by Crippen LogP contribution is -2.36. The van der Waals surface area contributed by atoms with Crippen molar-refractivity contribution in [3.8, 4) is 6.07 Å². The first kappa shape index (κ1) is 16.8. The van der Waals surface area contributed by atoms with Crippen LogP contribution >= 0.6 is 0 Å². The summed E-state index contributed by atoms with van der Waals surface area (Å²) in [4.78, 5) is 25.4. The molecule has 0 saturated heterocycles. The number of carbonyl (C=O) groups excluding carboxylic acids is 2. The number of para-hydroxylation sites is 1. The molecular formula is C18H16N4O2. The second-order valence-electron chi connectivity index (χ2n) is 4.93. The monoisotopic (exact) mass is 320 g/mol. The summed E-state index contributed by atoms with van der Waals surface area (Å²) in [7, 11) is 0. The van der Waals surface area contributed by atoms with Gasteiger partial charge in [0.2, 0.25) is 5.91 Å². The number of imide groups is 1. The SMILES string of the molecule is CC(=O)N(C(=O)/C(C#N)=C\Nc1ccccc1)c1ccc(N)cc1. The maximum absolute atomic E-state index is 12.6. The molecule has 0 aromatic heterocycles. The van der Waals surface area contributed by atoms with E-state index in [0.717, 1.165) is 10.6 Å². The van der Waals surface area contributed by atoms with Crippen LogP contribution in [0.2, 0.25) is 0 Å². The van der Waals surface area contributed by atoms with E-state index in [-0.39, 0.29) is 5.57 Å². The third kappa shape index (κ3) is 3.99. The van der Waals surface area contributed by atoms with E-state index >= 15 is 0 Å².